The van der Waals surface area contributed by atoms with Gasteiger partial charge in [0.2, 0.25) is 5.82 Å². The van der Waals surface area contributed by atoms with E-state index in [2.05, 4.69) is 15.6 Å². The van der Waals surface area contributed by atoms with E-state index in [1.54, 1.807) is 30.3 Å². The van der Waals surface area contributed by atoms with Crippen molar-refractivity contribution in [2.45, 2.75) is 18.9 Å². The predicted octanol–water partition coefficient (Wildman–Crippen LogP) is 1.75. The van der Waals surface area contributed by atoms with E-state index in [0.717, 1.165) is 11.1 Å². The van der Waals surface area contributed by atoms with Crippen LogP contribution in [0.25, 0.3) is 0 Å². The average Bonchev–Trinajstić information content (AvgIpc) is 3.27. The number of nitrogens with one attached hydrogen (secondary N) is 2. The molecule has 0 saturated carbocycles. The fourth-order valence-electron chi connectivity index (χ4n) is 3.15. The van der Waals surface area contributed by atoms with Crippen LogP contribution in [0.1, 0.15) is 23.2 Å². The van der Waals surface area contributed by atoms with Gasteiger partial charge in [-0.15, -0.1) is 0 Å². The summed E-state index contributed by atoms with van der Waals surface area (Å²) in [7, 11) is 0. The minimum Gasteiger partial charge on any atom is -0.480 e. The summed E-state index contributed by atoms with van der Waals surface area (Å²) in [6, 6.07) is 9.71. The van der Waals surface area contributed by atoms with Gasteiger partial charge in [0.05, 0.1) is 4.92 Å². The summed E-state index contributed by atoms with van der Waals surface area (Å²) in [4.78, 5) is 52.7. The highest BCUT2D eigenvalue weighted by Gasteiger charge is 2.35. The van der Waals surface area contributed by atoms with Crippen molar-refractivity contribution in [2.75, 3.05) is 11.9 Å². The molecule has 1 atom stereocenters. The lowest BCUT2D eigenvalue weighted by atomic mass is 10.2. The third-order valence-corrected chi connectivity index (χ3v) is 4.65. The van der Waals surface area contributed by atoms with Crippen LogP contribution in [0.5, 0.6) is 0 Å². The zero-order valence-electron chi connectivity index (χ0n) is 16.2. The first kappa shape index (κ1) is 21.4. The molecule has 11 nitrogen and oxygen atoms in total. The van der Waals surface area contributed by atoms with Crippen LogP contribution in [0.2, 0.25) is 0 Å². The number of amides is 2. The summed E-state index contributed by atoms with van der Waals surface area (Å²) >= 11 is 0. The van der Waals surface area contributed by atoms with E-state index in [1.165, 1.54) is 18.3 Å². The van der Waals surface area contributed by atoms with Crippen LogP contribution in [0, 0.1) is 10.1 Å². The number of aromatic nitrogens is 1. The van der Waals surface area contributed by atoms with E-state index in [-0.39, 0.29) is 29.3 Å². The van der Waals surface area contributed by atoms with Crippen LogP contribution >= 0.6 is 0 Å². The monoisotopic (exact) mass is 425 g/mol. The fourth-order valence-corrected chi connectivity index (χ4v) is 3.15. The van der Waals surface area contributed by atoms with E-state index in [4.69, 9.17) is 0 Å². The maximum absolute atomic E-state index is 13.1. The summed E-state index contributed by atoms with van der Waals surface area (Å²) in [5, 5.41) is 25.6. The average molecular weight is 425 g/mol. The molecule has 1 aliphatic heterocycles. The SMILES string of the molecule is O=C(N/C(=C\Nc1ncccc1[N+](=O)[O-])C(=O)N1CCC[C@H]1C(=O)O)c1ccccc1. The standard InChI is InChI=1S/C20H19N5O6/c26-18(13-6-2-1-3-7-13)23-14(19(27)24-11-5-9-16(24)20(28)29)12-22-17-15(25(30)31)8-4-10-21-17/h1-4,6-8,10,12,16H,5,9,11H2,(H,21,22)(H,23,26)(H,28,29)/b14-12-/t16-/m0/s1. The summed E-state index contributed by atoms with van der Waals surface area (Å²) < 4.78 is 0. The molecule has 1 aromatic heterocycles. The number of carboxylic acid groups (broad SMARTS) is 1. The van der Waals surface area contributed by atoms with Gasteiger partial charge in [0, 0.05) is 30.6 Å². The Hall–Kier alpha value is -4.28. The largest absolute Gasteiger partial charge is 0.480 e. The second-order valence-electron chi connectivity index (χ2n) is 6.65. The molecule has 0 aliphatic carbocycles. The van der Waals surface area contributed by atoms with Gasteiger partial charge in [0.15, 0.2) is 0 Å². The van der Waals surface area contributed by atoms with E-state index in [0.29, 0.717) is 12.8 Å². The smallest absolute Gasteiger partial charge is 0.326 e. The van der Waals surface area contributed by atoms with Gasteiger partial charge in [-0.05, 0) is 31.0 Å². The Morgan fingerprint density at radius 3 is 2.61 bits per heavy atom. The Balaban J connectivity index is 1.91. The molecule has 0 bridgehead atoms. The molecule has 1 aliphatic rings. The van der Waals surface area contributed by atoms with Crippen molar-refractivity contribution in [1.29, 1.82) is 0 Å². The number of carbonyl (C=O) groups excluding carboxylic acids is 2. The zero-order valence-corrected chi connectivity index (χ0v) is 16.2. The van der Waals surface area contributed by atoms with Crippen LogP contribution in [0.3, 0.4) is 0 Å². The number of hydrogen-bond acceptors (Lipinski definition) is 7. The molecule has 0 unspecified atom stereocenters. The first-order chi connectivity index (χ1) is 14.9. The zero-order chi connectivity index (χ0) is 22.4. The van der Waals surface area contributed by atoms with Crippen LogP contribution in [-0.2, 0) is 9.59 Å². The molecular weight excluding hydrogens is 406 g/mol. The Labute approximate surface area is 176 Å². The Morgan fingerprint density at radius 1 is 1.19 bits per heavy atom. The van der Waals surface area contributed by atoms with Gasteiger partial charge >= 0.3 is 11.7 Å². The van der Waals surface area contributed by atoms with Crippen molar-refractivity contribution in [2.24, 2.45) is 0 Å². The van der Waals surface area contributed by atoms with Gasteiger partial charge < -0.3 is 20.6 Å². The van der Waals surface area contributed by atoms with Crippen LogP contribution in [0.15, 0.2) is 60.6 Å². The number of benzene rings is 1. The van der Waals surface area contributed by atoms with Crippen LogP contribution in [0.4, 0.5) is 11.5 Å². The maximum atomic E-state index is 13.1. The normalized spacial score (nSPS) is 15.9. The summed E-state index contributed by atoms with van der Waals surface area (Å²) in [5.74, 6) is -2.60. The fraction of sp³-hybridized carbons (Fsp3) is 0.200. The second-order valence-corrected chi connectivity index (χ2v) is 6.65. The number of carboxylic acids is 1. The van der Waals surface area contributed by atoms with Gasteiger partial charge in [-0.3, -0.25) is 19.7 Å². The third kappa shape index (κ3) is 5.01. The lowest BCUT2D eigenvalue weighted by Gasteiger charge is -2.23. The predicted molar refractivity (Wildman–Crippen MR) is 109 cm³/mol. The van der Waals surface area contributed by atoms with E-state index in [9.17, 15) is 29.6 Å². The molecule has 2 heterocycles. The van der Waals surface area contributed by atoms with Gasteiger partial charge in [-0.2, -0.15) is 0 Å². The molecule has 1 fully saturated rings. The van der Waals surface area contributed by atoms with E-state index >= 15 is 0 Å². The summed E-state index contributed by atoms with van der Waals surface area (Å²) in [6.45, 7) is 0.206. The third-order valence-electron chi connectivity index (χ3n) is 4.65. The number of rotatable bonds is 7. The van der Waals surface area contributed by atoms with Gasteiger partial charge in [0.1, 0.15) is 11.7 Å². The Bertz CT molecular complexity index is 1040. The molecule has 2 aromatic rings. The molecule has 3 rings (SSSR count). The number of hydrogen-bond donors (Lipinski definition) is 3. The number of aliphatic carboxylic acids is 1. The minimum absolute atomic E-state index is 0.136. The molecule has 0 radical (unpaired) electrons. The van der Waals surface area contributed by atoms with Gasteiger partial charge in [0.25, 0.3) is 11.8 Å². The van der Waals surface area contributed by atoms with E-state index in [1.807, 2.05) is 0 Å². The highest BCUT2D eigenvalue weighted by molar-refractivity contribution is 6.04. The number of anilines is 1. The number of nitro groups is 1. The molecule has 1 saturated heterocycles. The molecule has 31 heavy (non-hydrogen) atoms. The number of likely N-dealkylation sites (tertiary alicyclic amines) is 1. The molecule has 160 valence electrons. The van der Waals surface area contributed by atoms with Crippen LogP contribution in [-0.4, -0.2) is 50.3 Å². The summed E-state index contributed by atoms with van der Waals surface area (Å²) in [6.07, 6.45) is 3.20. The highest BCUT2D eigenvalue weighted by Crippen LogP contribution is 2.22. The first-order valence-electron chi connectivity index (χ1n) is 9.34. The first-order valence-corrected chi connectivity index (χ1v) is 9.34. The van der Waals surface area contributed by atoms with Crippen molar-refractivity contribution in [3.8, 4) is 0 Å². The van der Waals surface area contributed by atoms with Crippen molar-refractivity contribution in [3.05, 3.63) is 76.2 Å². The second kappa shape index (κ2) is 9.48. The quantitative estimate of drug-likeness (QED) is 0.344. The minimum atomic E-state index is -1.15. The Kier molecular flexibility index (Phi) is 6.55. The number of carbonyl (C=O) groups is 3. The Morgan fingerprint density at radius 2 is 1.94 bits per heavy atom. The van der Waals surface area contributed by atoms with Crippen molar-refractivity contribution >= 4 is 29.3 Å². The highest BCUT2D eigenvalue weighted by atomic mass is 16.6. The van der Waals surface area contributed by atoms with Crippen molar-refractivity contribution in [3.63, 3.8) is 0 Å². The molecule has 1 aromatic carbocycles. The number of pyridine rings is 1. The molecule has 0 spiro atoms. The number of nitrogens with zero attached hydrogens (tertiary/aromatic N) is 3. The molecule has 2 amide bonds. The molecule has 3 N–H and O–H groups in total. The maximum Gasteiger partial charge on any atom is 0.326 e. The van der Waals surface area contributed by atoms with E-state index < -0.39 is 28.7 Å². The van der Waals surface area contributed by atoms with Crippen molar-refractivity contribution < 1.29 is 24.4 Å². The topological polar surface area (TPSA) is 155 Å². The van der Waals surface area contributed by atoms with Gasteiger partial charge in [-0.25, -0.2) is 9.78 Å². The lowest BCUT2D eigenvalue weighted by molar-refractivity contribution is -0.384. The van der Waals surface area contributed by atoms with Crippen LogP contribution < -0.4 is 10.6 Å². The summed E-state index contributed by atoms with van der Waals surface area (Å²) in [5.41, 5.74) is -0.312. The van der Waals surface area contributed by atoms with Gasteiger partial charge in [-0.1, -0.05) is 18.2 Å². The molecule has 11 heteroatoms. The molecular formula is C20H19N5O6. The van der Waals surface area contributed by atoms with Crippen molar-refractivity contribution in [1.82, 2.24) is 15.2 Å². The lowest BCUT2D eigenvalue weighted by Crippen LogP contribution is -2.44.